The molecule has 0 aliphatic rings. The fourth-order valence-electron chi connectivity index (χ4n) is 5.02. The van der Waals surface area contributed by atoms with Crippen LogP contribution < -0.4 is 68.8 Å². The largest absolute Gasteiger partial charge is 0.504 e. The van der Waals surface area contributed by atoms with Crippen molar-refractivity contribution in [1.82, 2.24) is 0 Å². The van der Waals surface area contributed by atoms with Crippen molar-refractivity contribution in [3.8, 4) is 11.5 Å². The average molecular weight is 491 g/mol. The lowest BCUT2D eigenvalue weighted by atomic mass is 9.86. The zero-order valence-corrected chi connectivity index (χ0v) is 18.8. The van der Waals surface area contributed by atoms with E-state index in [4.69, 9.17) is 68.8 Å². The summed E-state index contributed by atoms with van der Waals surface area (Å²) < 4.78 is 0. The van der Waals surface area contributed by atoms with Crippen molar-refractivity contribution in [3.63, 3.8) is 0 Å². The molecule has 0 aliphatic heterocycles. The number of aromatic hydroxyl groups is 2. The molecule has 0 atom stereocenters. The molecule has 0 saturated heterocycles. The average Bonchev–Trinajstić information content (AvgIpc) is 2.84. The van der Waals surface area contributed by atoms with Gasteiger partial charge in [0, 0.05) is 43.1 Å². The number of phenolic OH excluding ortho intramolecular Hbond substituents is 2. The predicted octanol–water partition coefficient (Wildman–Crippen LogP) is 0.697. The second-order valence-corrected chi connectivity index (χ2v) is 8.66. The van der Waals surface area contributed by atoms with Crippen LogP contribution in [0.15, 0.2) is 0 Å². The Morgan fingerprint density at radius 1 is 0.222 bits per heavy atom. The first-order valence-electron chi connectivity index (χ1n) is 10.4. The van der Waals surface area contributed by atoms with E-state index in [0.29, 0.717) is 0 Å². The first-order chi connectivity index (χ1) is 16.7. The van der Waals surface area contributed by atoms with E-state index in [1.807, 2.05) is 0 Å². The number of nitrogen functional groups attached to an aromatic ring is 12. The fraction of sp³-hybridized carbons (Fsp3) is 0. The monoisotopic (exact) mass is 490 g/mol. The maximum atomic E-state index is 11.3. The van der Waals surface area contributed by atoms with Gasteiger partial charge >= 0.3 is 0 Å². The molecule has 186 valence electrons. The van der Waals surface area contributed by atoms with E-state index in [2.05, 4.69) is 0 Å². The smallest absolute Gasteiger partial charge is 0.166 e. The first kappa shape index (κ1) is 22.1. The van der Waals surface area contributed by atoms with E-state index in [-0.39, 0.29) is 111 Å². The summed E-state index contributed by atoms with van der Waals surface area (Å²) in [5.74, 6) is -1.27. The van der Waals surface area contributed by atoms with Crippen LogP contribution in [0.3, 0.4) is 0 Å². The molecule has 5 rings (SSSR count). The Morgan fingerprint density at radius 2 is 0.389 bits per heavy atom. The summed E-state index contributed by atoms with van der Waals surface area (Å²) in [4.78, 5) is 0. The number of anilines is 12. The molecular formula is C22H26N12O2. The maximum absolute atomic E-state index is 11.3. The highest BCUT2D eigenvalue weighted by Crippen LogP contribution is 2.58. The van der Waals surface area contributed by atoms with E-state index in [0.717, 1.165) is 0 Å². The number of hydrogen-bond donors (Lipinski definition) is 14. The predicted molar refractivity (Wildman–Crippen MR) is 153 cm³/mol. The molecule has 0 bridgehead atoms. The lowest BCUT2D eigenvalue weighted by molar-refractivity contribution is 0.413. The molecule has 5 aromatic carbocycles. The lowest BCUT2D eigenvalue weighted by Crippen LogP contribution is -2.10. The van der Waals surface area contributed by atoms with E-state index >= 15 is 0 Å². The Bertz CT molecular complexity index is 1740. The minimum absolute atomic E-state index is 0.00643. The molecule has 0 radical (unpaired) electrons. The minimum atomic E-state index is -0.636. The summed E-state index contributed by atoms with van der Waals surface area (Å²) in [6.07, 6.45) is 0. The summed E-state index contributed by atoms with van der Waals surface area (Å²) in [6, 6.07) is 0. The topological polar surface area (TPSA) is 353 Å². The summed E-state index contributed by atoms with van der Waals surface area (Å²) in [5.41, 5.74) is 74.6. The standard InChI is InChI=1S/C22H26N12O2/c23-9-1-2-6(4-8(14(28)10(2)24)16(30)20(34)18(32)12(4)26)22(36)21(35)5(1)3-7(13(9)27)15(29)19(33)17(31)11(3)25/h35-36H,23-34H2. The van der Waals surface area contributed by atoms with Gasteiger partial charge in [0.1, 0.15) is 0 Å². The molecule has 0 unspecified atom stereocenters. The molecule has 0 heterocycles. The van der Waals surface area contributed by atoms with Crippen molar-refractivity contribution in [2.45, 2.75) is 0 Å². The van der Waals surface area contributed by atoms with Gasteiger partial charge in [-0.15, -0.1) is 0 Å². The third kappa shape index (κ3) is 2.19. The molecule has 0 saturated carbocycles. The molecular weight excluding hydrogens is 464 g/mol. The third-order valence-electron chi connectivity index (χ3n) is 6.92. The quantitative estimate of drug-likeness (QED) is 0.0614. The number of nitrogens with two attached hydrogens (primary N) is 12. The van der Waals surface area contributed by atoms with Crippen molar-refractivity contribution < 1.29 is 10.2 Å². The number of fused-ring (bicyclic) bond motifs is 7. The molecule has 0 aliphatic carbocycles. The number of rotatable bonds is 0. The summed E-state index contributed by atoms with van der Waals surface area (Å²) in [5, 5.41) is 23.3. The molecule has 26 N–H and O–H groups in total. The molecule has 14 nitrogen and oxygen atoms in total. The van der Waals surface area contributed by atoms with Crippen LogP contribution >= 0.6 is 0 Å². The second-order valence-electron chi connectivity index (χ2n) is 8.66. The van der Waals surface area contributed by atoms with Gasteiger partial charge in [0.25, 0.3) is 0 Å². The van der Waals surface area contributed by atoms with Crippen LogP contribution in [0.5, 0.6) is 11.5 Å². The summed E-state index contributed by atoms with van der Waals surface area (Å²) in [7, 11) is 0. The highest BCUT2D eigenvalue weighted by molar-refractivity contribution is 6.41. The van der Waals surface area contributed by atoms with Crippen LogP contribution in [0.1, 0.15) is 0 Å². The Balaban J connectivity index is 2.30. The molecule has 36 heavy (non-hydrogen) atoms. The van der Waals surface area contributed by atoms with Gasteiger partial charge in [0.2, 0.25) is 0 Å². The third-order valence-corrected chi connectivity index (χ3v) is 6.92. The van der Waals surface area contributed by atoms with E-state index in [1.165, 1.54) is 0 Å². The highest BCUT2D eigenvalue weighted by Gasteiger charge is 2.29. The van der Waals surface area contributed by atoms with Crippen LogP contribution in [-0.4, -0.2) is 10.2 Å². The van der Waals surface area contributed by atoms with E-state index in [1.54, 1.807) is 0 Å². The van der Waals surface area contributed by atoms with Crippen LogP contribution in [0.25, 0.3) is 43.1 Å². The Kier molecular flexibility index (Phi) is 3.98. The molecule has 0 aromatic heterocycles. The van der Waals surface area contributed by atoms with Crippen molar-refractivity contribution in [2.75, 3.05) is 68.8 Å². The van der Waals surface area contributed by atoms with Gasteiger partial charge < -0.3 is 79.0 Å². The van der Waals surface area contributed by atoms with Crippen LogP contribution in [0, 0.1) is 0 Å². The van der Waals surface area contributed by atoms with Crippen molar-refractivity contribution >= 4 is 111 Å². The second kappa shape index (κ2) is 6.47. The van der Waals surface area contributed by atoms with Crippen molar-refractivity contribution in [2.24, 2.45) is 0 Å². The van der Waals surface area contributed by atoms with E-state index in [9.17, 15) is 10.2 Å². The molecule has 0 amide bonds. The van der Waals surface area contributed by atoms with Gasteiger partial charge in [-0.25, -0.2) is 0 Å². The number of benzene rings is 5. The molecule has 0 spiro atoms. The highest BCUT2D eigenvalue weighted by atomic mass is 16.3. The zero-order chi connectivity index (χ0) is 26.7. The fourth-order valence-corrected chi connectivity index (χ4v) is 5.02. The van der Waals surface area contributed by atoms with E-state index < -0.39 is 11.5 Å². The van der Waals surface area contributed by atoms with Crippen molar-refractivity contribution in [1.29, 1.82) is 0 Å². The lowest BCUT2D eigenvalue weighted by Gasteiger charge is -2.24. The molecule has 0 fully saturated rings. The van der Waals surface area contributed by atoms with Crippen molar-refractivity contribution in [3.05, 3.63) is 0 Å². The van der Waals surface area contributed by atoms with Gasteiger partial charge in [0.05, 0.1) is 68.2 Å². The number of hydrogen-bond acceptors (Lipinski definition) is 14. The first-order valence-corrected chi connectivity index (χ1v) is 10.4. The molecule has 14 heteroatoms. The number of phenols is 2. The Labute approximate surface area is 202 Å². The van der Waals surface area contributed by atoms with Gasteiger partial charge in [-0.2, -0.15) is 0 Å². The maximum Gasteiger partial charge on any atom is 0.166 e. The summed E-state index contributed by atoms with van der Waals surface area (Å²) in [6.45, 7) is 0. The van der Waals surface area contributed by atoms with Gasteiger partial charge in [-0.3, -0.25) is 0 Å². The normalized spacial score (nSPS) is 11.8. The summed E-state index contributed by atoms with van der Waals surface area (Å²) >= 11 is 0. The van der Waals surface area contributed by atoms with Gasteiger partial charge in [-0.05, 0) is 0 Å². The van der Waals surface area contributed by atoms with Crippen LogP contribution in [-0.2, 0) is 0 Å². The zero-order valence-electron chi connectivity index (χ0n) is 18.8. The van der Waals surface area contributed by atoms with Gasteiger partial charge in [-0.1, -0.05) is 0 Å². The van der Waals surface area contributed by atoms with Gasteiger partial charge in [0.15, 0.2) is 11.5 Å². The van der Waals surface area contributed by atoms with Crippen LogP contribution in [0.2, 0.25) is 0 Å². The minimum Gasteiger partial charge on any atom is -0.504 e. The SMILES string of the molecule is Nc1c(N)c(N)c2c(c1N)c(N)c(N)c1c2c(O)c(O)c2c3c(N)c(N)c(N)c(N)c3c(N)c(N)c21. The van der Waals surface area contributed by atoms with Crippen LogP contribution in [0.4, 0.5) is 68.2 Å². The Hall–Kier alpha value is -5.66. The Morgan fingerprint density at radius 3 is 0.667 bits per heavy atom. The molecule has 5 aromatic rings.